The summed E-state index contributed by atoms with van der Waals surface area (Å²) < 4.78 is 14.8. The number of piperazine rings is 1. The first-order valence-corrected chi connectivity index (χ1v) is 9.88. The Balaban J connectivity index is 1.62. The zero-order valence-electron chi connectivity index (χ0n) is 15.7. The molecule has 8 heteroatoms. The van der Waals surface area contributed by atoms with Gasteiger partial charge in [0.1, 0.15) is 11.6 Å². The predicted molar refractivity (Wildman–Crippen MR) is 112 cm³/mol. The Kier molecular flexibility index (Phi) is 6.66. The molecule has 2 aromatic carbocycles. The fourth-order valence-corrected chi connectivity index (χ4v) is 3.56. The van der Waals surface area contributed by atoms with Gasteiger partial charge in [-0.3, -0.25) is 14.5 Å². The summed E-state index contributed by atoms with van der Waals surface area (Å²) in [5.74, 6) is -1.03. The monoisotopic (exact) mass is 461 g/mol. The number of benzene rings is 2. The fourth-order valence-electron chi connectivity index (χ4n) is 3.15. The number of nitrogens with one attached hydrogen (secondary N) is 1. The van der Waals surface area contributed by atoms with E-state index < -0.39 is 5.91 Å². The fraction of sp³-hybridized carbons (Fsp3) is 0.238. The third kappa shape index (κ3) is 5.21. The highest BCUT2D eigenvalue weighted by molar-refractivity contribution is 9.10. The Labute approximate surface area is 176 Å². The summed E-state index contributed by atoms with van der Waals surface area (Å²) in [5, 5.41) is 12.4. The Hall–Kier alpha value is -2.71. The van der Waals surface area contributed by atoms with Crippen LogP contribution in [0.5, 0.6) is 5.75 Å². The van der Waals surface area contributed by atoms with Crippen molar-refractivity contribution in [3.05, 3.63) is 70.5 Å². The largest absolute Gasteiger partial charge is 0.506 e. The van der Waals surface area contributed by atoms with Crippen LogP contribution in [0.15, 0.2) is 53.5 Å². The summed E-state index contributed by atoms with van der Waals surface area (Å²) in [6.07, 6.45) is 1.08. The molecule has 6 nitrogen and oxygen atoms in total. The van der Waals surface area contributed by atoms with Crippen LogP contribution in [0.1, 0.15) is 15.9 Å². The maximum atomic E-state index is 14.0. The van der Waals surface area contributed by atoms with Crippen molar-refractivity contribution < 1.29 is 19.1 Å². The van der Waals surface area contributed by atoms with Gasteiger partial charge in [-0.1, -0.05) is 22.5 Å². The van der Waals surface area contributed by atoms with Crippen molar-refractivity contribution in [3.8, 4) is 5.75 Å². The van der Waals surface area contributed by atoms with Crippen molar-refractivity contribution >= 4 is 33.4 Å². The van der Waals surface area contributed by atoms with Gasteiger partial charge in [-0.05, 0) is 42.5 Å². The molecule has 0 spiro atoms. The summed E-state index contributed by atoms with van der Waals surface area (Å²) in [6, 6.07) is 9.21. The molecule has 0 radical (unpaired) electrons. The Bertz CT molecular complexity index is 943. The molecule has 0 aliphatic carbocycles. The molecule has 2 aromatic rings. The van der Waals surface area contributed by atoms with Gasteiger partial charge in [0.25, 0.3) is 5.91 Å². The van der Waals surface area contributed by atoms with Gasteiger partial charge in [0.05, 0.1) is 5.69 Å². The summed E-state index contributed by atoms with van der Waals surface area (Å²) in [5.41, 5.74) is 1.14. The van der Waals surface area contributed by atoms with Crippen LogP contribution < -0.4 is 5.32 Å². The standard InChI is InChI=1S/C21H21BrFN3O3/c1-2-20(28)24-18-12-14(3-6-19(18)27)21(29)26-9-7-25(8-10-26)13-15-11-16(22)4-5-17(15)23/h2-6,11-12,27H,1,7-10,13H2,(H,24,28). The summed E-state index contributed by atoms with van der Waals surface area (Å²) >= 11 is 3.36. The van der Waals surface area contributed by atoms with Gasteiger partial charge in [0, 0.05) is 48.3 Å². The smallest absolute Gasteiger partial charge is 0.254 e. The Morgan fingerprint density at radius 1 is 1.17 bits per heavy atom. The number of aromatic hydroxyl groups is 1. The molecule has 2 N–H and O–H groups in total. The first-order chi connectivity index (χ1) is 13.9. The van der Waals surface area contributed by atoms with Crippen molar-refractivity contribution in [1.29, 1.82) is 0 Å². The maximum Gasteiger partial charge on any atom is 0.254 e. The molecular weight excluding hydrogens is 441 g/mol. The molecule has 0 atom stereocenters. The van der Waals surface area contributed by atoms with Gasteiger partial charge < -0.3 is 15.3 Å². The molecule has 1 heterocycles. The number of carbonyl (C=O) groups excluding carboxylic acids is 2. The van der Waals surface area contributed by atoms with Crippen molar-refractivity contribution in [2.24, 2.45) is 0 Å². The highest BCUT2D eigenvalue weighted by Crippen LogP contribution is 2.25. The van der Waals surface area contributed by atoms with Crippen LogP contribution in [-0.4, -0.2) is 52.9 Å². The lowest BCUT2D eigenvalue weighted by Gasteiger charge is -2.35. The van der Waals surface area contributed by atoms with Gasteiger partial charge in [0.2, 0.25) is 5.91 Å². The van der Waals surface area contributed by atoms with Gasteiger partial charge in [0.15, 0.2) is 0 Å². The predicted octanol–water partition coefficient (Wildman–Crippen LogP) is 3.38. The first-order valence-electron chi connectivity index (χ1n) is 9.09. The summed E-state index contributed by atoms with van der Waals surface area (Å²) in [7, 11) is 0. The lowest BCUT2D eigenvalue weighted by molar-refractivity contribution is -0.111. The normalized spacial score (nSPS) is 14.5. The average Bonchev–Trinajstić information content (AvgIpc) is 2.72. The van der Waals surface area contributed by atoms with Crippen molar-refractivity contribution in [1.82, 2.24) is 9.80 Å². The Morgan fingerprint density at radius 2 is 1.90 bits per heavy atom. The molecule has 1 saturated heterocycles. The topological polar surface area (TPSA) is 72.9 Å². The lowest BCUT2D eigenvalue weighted by atomic mass is 10.1. The van der Waals surface area contributed by atoms with E-state index in [4.69, 9.17) is 0 Å². The molecule has 2 amide bonds. The van der Waals surface area contributed by atoms with Crippen molar-refractivity contribution in [3.63, 3.8) is 0 Å². The number of carbonyl (C=O) groups is 2. The van der Waals surface area contributed by atoms with Crippen LogP contribution in [0.2, 0.25) is 0 Å². The minimum atomic E-state index is -0.474. The van der Waals surface area contributed by atoms with E-state index in [1.807, 2.05) is 0 Å². The number of halogens is 2. The molecule has 1 aliphatic rings. The molecule has 0 unspecified atom stereocenters. The number of nitrogens with zero attached hydrogens (tertiary/aromatic N) is 2. The number of rotatable bonds is 5. The SMILES string of the molecule is C=CC(=O)Nc1cc(C(=O)N2CCN(Cc3cc(Br)ccc3F)CC2)ccc1O. The maximum absolute atomic E-state index is 14.0. The average molecular weight is 462 g/mol. The lowest BCUT2D eigenvalue weighted by Crippen LogP contribution is -2.48. The van der Waals surface area contributed by atoms with Gasteiger partial charge in [-0.25, -0.2) is 4.39 Å². The van der Waals surface area contributed by atoms with Crippen LogP contribution in [0.3, 0.4) is 0 Å². The summed E-state index contributed by atoms with van der Waals surface area (Å²) in [4.78, 5) is 28.1. The van der Waals surface area contributed by atoms with Crippen LogP contribution in [0, 0.1) is 5.82 Å². The minimum absolute atomic E-state index is 0.127. The Morgan fingerprint density at radius 3 is 2.59 bits per heavy atom. The molecule has 0 aromatic heterocycles. The van der Waals surface area contributed by atoms with E-state index in [0.717, 1.165) is 10.5 Å². The van der Waals surface area contributed by atoms with Crippen LogP contribution >= 0.6 is 15.9 Å². The zero-order valence-corrected chi connectivity index (χ0v) is 17.3. The van der Waals surface area contributed by atoms with E-state index in [9.17, 15) is 19.1 Å². The molecule has 0 bridgehead atoms. The minimum Gasteiger partial charge on any atom is -0.506 e. The van der Waals surface area contributed by atoms with Crippen molar-refractivity contribution in [2.75, 3.05) is 31.5 Å². The zero-order chi connectivity index (χ0) is 21.0. The van der Waals surface area contributed by atoms with Gasteiger partial charge in [-0.15, -0.1) is 0 Å². The van der Waals surface area contributed by atoms with Crippen molar-refractivity contribution in [2.45, 2.75) is 6.54 Å². The van der Waals surface area contributed by atoms with Crippen LogP contribution in [0.4, 0.5) is 10.1 Å². The molecule has 152 valence electrons. The second-order valence-electron chi connectivity index (χ2n) is 6.73. The second-order valence-corrected chi connectivity index (χ2v) is 7.65. The molecule has 0 saturated carbocycles. The molecule has 3 rings (SSSR count). The van der Waals surface area contributed by atoms with Crippen LogP contribution in [0.25, 0.3) is 0 Å². The number of hydrogen-bond donors (Lipinski definition) is 2. The van der Waals surface area contributed by atoms with Gasteiger partial charge in [-0.2, -0.15) is 0 Å². The number of phenols is 1. The number of amides is 2. The van der Waals surface area contributed by atoms with E-state index in [1.54, 1.807) is 17.0 Å². The highest BCUT2D eigenvalue weighted by atomic mass is 79.9. The number of phenolic OH excluding ortho intramolecular Hbond substituents is 1. The molecule has 29 heavy (non-hydrogen) atoms. The van der Waals surface area contributed by atoms with E-state index in [2.05, 4.69) is 32.7 Å². The van der Waals surface area contributed by atoms with Crippen LogP contribution in [-0.2, 0) is 11.3 Å². The quantitative estimate of drug-likeness (QED) is 0.528. The molecule has 1 fully saturated rings. The third-order valence-electron chi connectivity index (χ3n) is 4.75. The van der Waals surface area contributed by atoms with E-state index in [-0.39, 0.29) is 23.2 Å². The summed E-state index contributed by atoms with van der Waals surface area (Å²) in [6.45, 7) is 6.09. The first kappa shape index (κ1) is 21.0. The molecule has 1 aliphatic heterocycles. The van der Waals surface area contributed by atoms with Gasteiger partial charge >= 0.3 is 0 Å². The van der Waals surface area contributed by atoms with E-state index in [1.165, 1.54) is 24.3 Å². The highest BCUT2D eigenvalue weighted by Gasteiger charge is 2.23. The second kappa shape index (κ2) is 9.19. The van der Waals surface area contributed by atoms with E-state index >= 15 is 0 Å². The molecular formula is C21H21BrFN3O3. The third-order valence-corrected chi connectivity index (χ3v) is 5.24. The number of anilines is 1. The van der Waals surface area contributed by atoms with E-state index in [0.29, 0.717) is 43.9 Å². The number of hydrogen-bond acceptors (Lipinski definition) is 4.